The molecule has 4 heteroatoms. The van der Waals surface area contributed by atoms with Crippen LogP contribution < -0.4 is 0 Å². The van der Waals surface area contributed by atoms with E-state index in [-0.39, 0.29) is 0 Å². The summed E-state index contributed by atoms with van der Waals surface area (Å²) in [5.41, 5.74) is 0. The molecule has 0 saturated carbocycles. The van der Waals surface area contributed by atoms with Crippen molar-refractivity contribution in [1.29, 1.82) is 0 Å². The molecule has 1 N–H and O–H groups in total. The fraction of sp³-hybridized carbons (Fsp3) is 0.500. The summed E-state index contributed by atoms with van der Waals surface area (Å²) in [6.45, 7) is 4.58. The largest absolute Gasteiger partial charge is 0.330 e. The van der Waals surface area contributed by atoms with Gasteiger partial charge in [-0.3, -0.25) is 0 Å². The van der Waals surface area contributed by atoms with Crippen LogP contribution in [-0.2, 0) is 9.05 Å². The predicted octanol–water partition coefficient (Wildman–Crippen LogP) is 2.39. The zero-order chi connectivity index (χ0) is 9.23. The summed E-state index contributed by atoms with van der Waals surface area (Å²) >= 11 is 0. The van der Waals surface area contributed by atoms with Crippen molar-refractivity contribution in [2.45, 2.75) is 13.8 Å². The van der Waals surface area contributed by atoms with E-state index in [9.17, 15) is 0 Å². The lowest BCUT2D eigenvalue weighted by Gasteiger charge is -2.06. The minimum Gasteiger partial charge on any atom is -0.328 e. The minimum absolute atomic E-state index is 0.397. The first kappa shape index (κ1) is 11.8. The van der Waals surface area contributed by atoms with E-state index in [1.54, 1.807) is 0 Å². The Balaban J connectivity index is 3.26. The average Bonchev–Trinajstić information content (AvgIpc) is 2.06. The van der Waals surface area contributed by atoms with E-state index in [4.69, 9.17) is 13.9 Å². The molecule has 0 bridgehead atoms. The second-order valence-electron chi connectivity index (χ2n) is 1.97. The maximum absolute atomic E-state index is 9.06. The SMILES string of the molecule is CC=CCOP(O)OCC=CC. The molecule has 3 nitrogen and oxygen atoms in total. The number of rotatable bonds is 6. The van der Waals surface area contributed by atoms with Gasteiger partial charge in [0, 0.05) is 0 Å². The third-order valence-electron chi connectivity index (χ3n) is 1.03. The lowest BCUT2D eigenvalue weighted by molar-refractivity contribution is 0.232. The minimum atomic E-state index is -1.71. The highest BCUT2D eigenvalue weighted by Gasteiger charge is 2.02. The van der Waals surface area contributed by atoms with Gasteiger partial charge in [0.1, 0.15) is 0 Å². The Morgan fingerprint density at radius 3 is 1.83 bits per heavy atom. The van der Waals surface area contributed by atoms with Crippen LogP contribution in [0.25, 0.3) is 0 Å². The van der Waals surface area contributed by atoms with Gasteiger partial charge in [-0.15, -0.1) is 0 Å². The summed E-state index contributed by atoms with van der Waals surface area (Å²) < 4.78 is 9.81. The Morgan fingerprint density at radius 2 is 1.50 bits per heavy atom. The molecule has 0 aliphatic rings. The van der Waals surface area contributed by atoms with Gasteiger partial charge in [0.15, 0.2) is 0 Å². The molecule has 0 radical (unpaired) electrons. The Labute approximate surface area is 74.7 Å². The van der Waals surface area contributed by atoms with Gasteiger partial charge in [-0.1, -0.05) is 24.3 Å². The molecule has 0 aromatic rings. The smallest absolute Gasteiger partial charge is 0.328 e. The molecule has 0 aliphatic heterocycles. The van der Waals surface area contributed by atoms with Gasteiger partial charge < -0.3 is 13.9 Å². The van der Waals surface area contributed by atoms with Crippen molar-refractivity contribution in [1.82, 2.24) is 0 Å². The van der Waals surface area contributed by atoms with Crippen molar-refractivity contribution in [3.8, 4) is 0 Å². The molecular weight excluding hydrogens is 175 g/mol. The first-order valence-electron chi connectivity index (χ1n) is 3.78. The Bertz CT molecular complexity index is 129. The topological polar surface area (TPSA) is 38.7 Å². The monoisotopic (exact) mass is 190 g/mol. The molecule has 0 rings (SSSR count). The first-order chi connectivity index (χ1) is 5.81. The van der Waals surface area contributed by atoms with Crippen LogP contribution in [0.15, 0.2) is 24.3 Å². The fourth-order valence-corrected chi connectivity index (χ4v) is 0.945. The normalized spacial score (nSPS) is 14.6. The van der Waals surface area contributed by atoms with Gasteiger partial charge in [0.05, 0.1) is 13.2 Å². The molecule has 0 atom stereocenters. The van der Waals surface area contributed by atoms with Crippen molar-refractivity contribution in [3.05, 3.63) is 24.3 Å². The number of hydrogen-bond acceptors (Lipinski definition) is 3. The molecule has 0 spiro atoms. The van der Waals surface area contributed by atoms with E-state index >= 15 is 0 Å². The summed E-state index contributed by atoms with van der Waals surface area (Å²) in [6, 6.07) is 0. The van der Waals surface area contributed by atoms with Gasteiger partial charge >= 0.3 is 8.60 Å². The summed E-state index contributed by atoms with van der Waals surface area (Å²) in [5, 5.41) is 0. The zero-order valence-electron chi connectivity index (χ0n) is 7.43. The molecule has 0 aromatic heterocycles. The van der Waals surface area contributed by atoms with E-state index in [1.165, 1.54) is 0 Å². The lowest BCUT2D eigenvalue weighted by Crippen LogP contribution is -1.90. The second-order valence-corrected chi connectivity index (χ2v) is 2.96. The molecule has 0 unspecified atom stereocenters. The van der Waals surface area contributed by atoms with E-state index in [0.717, 1.165) is 0 Å². The molecule has 0 heterocycles. The van der Waals surface area contributed by atoms with Crippen LogP contribution in [0.3, 0.4) is 0 Å². The van der Waals surface area contributed by atoms with Crippen LogP contribution in [0.2, 0.25) is 0 Å². The molecule has 0 fully saturated rings. The average molecular weight is 190 g/mol. The lowest BCUT2D eigenvalue weighted by atomic mass is 10.6. The van der Waals surface area contributed by atoms with Crippen LogP contribution in [-0.4, -0.2) is 18.1 Å². The highest BCUT2D eigenvalue weighted by atomic mass is 31.2. The quantitative estimate of drug-likeness (QED) is 0.516. The standard InChI is InChI=1S/C8H15O3P/c1-3-5-7-10-12(9)11-8-6-4-2/h3-6,9H,7-8H2,1-2H3. The van der Waals surface area contributed by atoms with E-state index in [2.05, 4.69) is 0 Å². The first-order valence-corrected chi connectivity index (χ1v) is 4.91. The number of allylic oxidation sites excluding steroid dienone is 2. The third kappa shape index (κ3) is 7.89. The Morgan fingerprint density at radius 1 is 1.08 bits per heavy atom. The summed E-state index contributed by atoms with van der Waals surface area (Å²) in [4.78, 5) is 9.06. The van der Waals surface area contributed by atoms with Crippen molar-refractivity contribution in [2.75, 3.05) is 13.2 Å². The fourth-order valence-electron chi connectivity index (χ4n) is 0.443. The summed E-state index contributed by atoms with van der Waals surface area (Å²) in [7, 11) is -1.71. The van der Waals surface area contributed by atoms with Gasteiger partial charge in [0.25, 0.3) is 0 Å². The number of hydrogen-bond donors (Lipinski definition) is 1. The maximum atomic E-state index is 9.06. The molecule has 0 saturated heterocycles. The van der Waals surface area contributed by atoms with Crippen molar-refractivity contribution >= 4 is 8.60 Å². The Hall–Kier alpha value is -0.210. The van der Waals surface area contributed by atoms with Crippen LogP contribution in [0.1, 0.15) is 13.8 Å². The van der Waals surface area contributed by atoms with Crippen LogP contribution >= 0.6 is 8.60 Å². The van der Waals surface area contributed by atoms with Crippen molar-refractivity contribution < 1.29 is 13.9 Å². The van der Waals surface area contributed by atoms with Crippen molar-refractivity contribution in [3.63, 3.8) is 0 Å². The predicted molar refractivity (Wildman–Crippen MR) is 50.7 cm³/mol. The van der Waals surface area contributed by atoms with E-state index in [1.807, 2.05) is 38.2 Å². The highest BCUT2D eigenvalue weighted by molar-refractivity contribution is 7.40. The van der Waals surface area contributed by atoms with E-state index < -0.39 is 8.60 Å². The second kappa shape index (κ2) is 8.88. The molecular formula is C8H15O3P. The third-order valence-corrected chi connectivity index (χ3v) is 1.77. The maximum Gasteiger partial charge on any atom is 0.330 e. The van der Waals surface area contributed by atoms with Crippen LogP contribution in [0.5, 0.6) is 0 Å². The van der Waals surface area contributed by atoms with Crippen molar-refractivity contribution in [2.24, 2.45) is 0 Å². The molecule has 0 aromatic carbocycles. The van der Waals surface area contributed by atoms with E-state index in [0.29, 0.717) is 13.2 Å². The van der Waals surface area contributed by atoms with Gasteiger partial charge in [0.2, 0.25) is 0 Å². The molecule has 12 heavy (non-hydrogen) atoms. The summed E-state index contributed by atoms with van der Waals surface area (Å²) in [6.07, 6.45) is 7.33. The van der Waals surface area contributed by atoms with Gasteiger partial charge in [-0.05, 0) is 13.8 Å². The highest BCUT2D eigenvalue weighted by Crippen LogP contribution is 2.32. The van der Waals surface area contributed by atoms with Crippen LogP contribution in [0, 0.1) is 0 Å². The molecule has 70 valence electrons. The Kier molecular flexibility index (Phi) is 8.73. The molecule has 0 amide bonds. The summed E-state index contributed by atoms with van der Waals surface area (Å²) in [5.74, 6) is 0. The molecule has 0 aliphatic carbocycles. The van der Waals surface area contributed by atoms with Gasteiger partial charge in [-0.25, -0.2) is 0 Å². The zero-order valence-corrected chi connectivity index (χ0v) is 8.33. The van der Waals surface area contributed by atoms with Crippen LogP contribution in [0.4, 0.5) is 0 Å². The van der Waals surface area contributed by atoms with Gasteiger partial charge in [-0.2, -0.15) is 0 Å².